The fourth-order valence-electron chi connectivity index (χ4n) is 2.29. The molecule has 0 amide bonds. The third-order valence-corrected chi connectivity index (χ3v) is 5.33. The third-order valence-electron chi connectivity index (χ3n) is 3.66. The lowest BCUT2D eigenvalue weighted by atomic mass is 10.2. The molecule has 2 aromatic rings. The largest absolute Gasteiger partial charge is 0.352 e. The maximum absolute atomic E-state index is 12.3. The SMILES string of the molecule is Cc1n[nH]c(C)c1S(=O)(=O)NCc1cc(C)n(C)c1C. The topological polar surface area (TPSA) is 79.8 Å². The van der Waals surface area contributed by atoms with Crippen LogP contribution in [0.3, 0.4) is 0 Å². The van der Waals surface area contributed by atoms with E-state index in [1.165, 1.54) is 0 Å². The van der Waals surface area contributed by atoms with Crippen molar-refractivity contribution in [2.75, 3.05) is 0 Å². The van der Waals surface area contributed by atoms with Gasteiger partial charge in [-0.05, 0) is 39.3 Å². The summed E-state index contributed by atoms with van der Waals surface area (Å²) < 4.78 is 29.3. The minimum Gasteiger partial charge on any atom is -0.352 e. The Morgan fingerprint density at radius 3 is 2.40 bits per heavy atom. The van der Waals surface area contributed by atoms with Gasteiger partial charge in [0, 0.05) is 25.0 Å². The Morgan fingerprint density at radius 2 is 1.95 bits per heavy atom. The van der Waals surface area contributed by atoms with Crippen LogP contribution in [0, 0.1) is 27.7 Å². The van der Waals surface area contributed by atoms with E-state index in [-0.39, 0.29) is 11.4 Å². The van der Waals surface area contributed by atoms with Gasteiger partial charge in [-0.25, -0.2) is 13.1 Å². The van der Waals surface area contributed by atoms with Crippen LogP contribution < -0.4 is 4.72 Å². The minimum atomic E-state index is -3.55. The molecule has 2 rings (SSSR count). The molecule has 2 heterocycles. The van der Waals surface area contributed by atoms with E-state index in [2.05, 4.69) is 14.9 Å². The summed E-state index contributed by atoms with van der Waals surface area (Å²) in [6, 6.07) is 1.99. The van der Waals surface area contributed by atoms with Gasteiger partial charge in [0.1, 0.15) is 4.90 Å². The van der Waals surface area contributed by atoms with Gasteiger partial charge in [0.2, 0.25) is 10.0 Å². The van der Waals surface area contributed by atoms with Gasteiger partial charge in [0.25, 0.3) is 0 Å². The first-order chi connectivity index (χ1) is 9.24. The van der Waals surface area contributed by atoms with Crippen molar-refractivity contribution in [3.8, 4) is 0 Å². The molecule has 0 atom stereocenters. The van der Waals surface area contributed by atoms with Gasteiger partial charge >= 0.3 is 0 Å². The minimum absolute atomic E-state index is 0.239. The standard InChI is InChI=1S/C13H20N4O2S/c1-8-6-12(11(4)17(8)5)7-14-20(18,19)13-9(2)15-16-10(13)3/h6,14H,7H2,1-5H3,(H,15,16). The Bertz CT molecular complexity index is 721. The highest BCUT2D eigenvalue weighted by Gasteiger charge is 2.22. The number of sulfonamides is 1. The highest BCUT2D eigenvalue weighted by atomic mass is 32.2. The van der Waals surface area contributed by atoms with Crippen molar-refractivity contribution in [3.63, 3.8) is 0 Å². The summed E-state index contributed by atoms with van der Waals surface area (Å²) in [6.45, 7) is 7.63. The fourth-order valence-corrected chi connectivity index (χ4v) is 3.67. The molecule has 0 aromatic carbocycles. The predicted octanol–water partition coefficient (Wildman–Crippen LogP) is 1.46. The van der Waals surface area contributed by atoms with E-state index in [9.17, 15) is 8.42 Å². The van der Waals surface area contributed by atoms with Crippen LogP contribution in [-0.4, -0.2) is 23.2 Å². The normalized spacial score (nSPS) is 12.1. The smallest absolute Gasteiger partial charge is 0.244 e. The van der Waals surface area contributed by atoms with Crippen molar-refractivity contribution in [2.24, 2.45) is 7.05 Å². The van der Waals surface area contributed by atoms with Crippen molar-refractivity contribution >= 4 is 10.0 Å². The van der Waals surface area contributed by atoms with Crippen molar-refractivity contribution in [1.82, 2.24) is 19.5 Å². The van der Waals surface area contributed by atoms with Crippen LogP contribution in [0.15, 0.2) is 11.0 Å². The molecule has 110 valence electrons. The molecule has 6 nitrogen and oxygen atoms in total. The molecule has 0 bridgehead atoms. The van der Waals surface area contributed by atoms with Crippen LogP contribution >= 0.6 is 0 Å². The summed E-state index contributed by atoms with van der Waals surface area (Å²) in [5, 5.41) is 6.62. The number of nitrogens with one attached hydrogen (secondary N) is 2. The van der Waals surface area contributed by atoms with E-state index in [0.717, 1.165) is 17.0 Å². The molecule has 0 aliphatic rings. The van der Waals surface area contributed by atoms with Gasteiger partial charge < -0.3 is 4.57 Å². The Morgan fingerprint density at radius 1 is 1.30 bits per heavy atom. The summed E-state index contributed by atoms with van der Waals surface area (Å²) in [5.74, 6) is 0. The molecule has 0 spiro atoms. The summed E-state index contributed by atoms with van der Waals surface area (Å²) in [4.78, 5) is 0.239. The first-order valence-electron chi connectivity index (χ1n) is 6.37. The molecule has 0 unspecified atom stereocenters. The Balaban J connectivity index is 2.24. The quantitative estimate of drug-likeness (QED) is 0.896. The number of aryl methyl sites for hydroxylation is 3. The van der Waals surface area contributed by atoms with Gasteiger partial charge in [0.05, 0.1) is 11.4 Å². The van der Waals surface area contributed by atoms with E-state index >= 15 is 0 Å². The number of H-pyrrole nitrogens is 1. The zero-order chi connectivity index (χ0) is 15.1. The molecular weight excluding hydrogens is 276 g/mol. The maximum Gasteiger partial charge on any atom is 0.244 e. The maximum atomic E-state index is 12.3. The van der Waals surface area contributed by atoms with E-state index in [1.54, 1.807) is 13.8 Å². The van der Waals surface area contributed by atoms with Gasteiger partial charge in [-0.3, -0.25) is 5.10 Å². The van der Waals surface area contributed by atoms with Crippen LogP contribution in [0.25, 0.3) is 0 Å². The molecule has 20 heavy (non-hydrogen) atoms. The molecule has 0 fully saturated rings. The monoisotopic (exact) mass is 296 g/mol. The second kappa shape index (κ2) is 5.06. The van der Waals surface area contributed by atoms with E-state index in [0.29, 0.717) is 11.4 Å². The number of nitrogens with zero attached hydrogens (tertiary/aromatic N) is 2. The summed E-state index contributed by atoms with van der Waals surface area (Å²) >= 11 is 0. The Hall–Kier alpha value is -1.60. The molecule has 0 saturated carbocycles. The van der Waals surface area contributed by atoms with Crippen LogP contribution in [0.5, 0.6) is 0 Å². The lowest BCUT2D eigenvalue weighted by molar-refractivity contribution is 0.580. The van der Waals surface area contributed by atoms with Crippen LogP contribution in [0.4, 0.5) is 0 Å². The van der Waals surface area contributed by atoms with Crippen molar-refractivity contribution in [2.45, 2.75) is 39.1 Å². The summed E-state index contributed by atoms with van der Waals surface area (Å²) in [5.41, 5.74) is 4.18. The second-order valence-corrected chi connectivity index (χ2v) is 6.75. The molecule has 2 N–H and O–H groups in total. The van der Waals surface area contributed by atoms with Crippen LogP contribution in [0.1, 0.15) is 28.3 Å². The van der Waals surface area contributed by atoms with Crippen molar-refractivity contribution < 1.29 is 8.42 Å². The predicted molar refractivity (Wildman–Crippen MR) is 77.0 cm³/mol. The van der Waals surface area contributed by atoms with Gasteiger partial charge in [-0.2, -0.15) is 5.10 Å². The van der Waals surface area contributed by atoms with Gasteiger partial charge in [-0.15, -0.1) is 0 Å². The van der Waals surface area contributed by atoms with Gasteiger partial charge in [0.15, 0.2) is 0 Å². The number of aromatic amines is 1. The molecule has 0 aliphatic carbocycles. The van der Waals surface area contributed by atoms with E-state index < -0.39 is 10.0 Å². The average molecular weight is 296 g/mol. The van der Waals surface area contributed by atoms with Crippen molar-refractivity contribution in [1.29, 1.82) is 0 Å². The number of aromatic nitrogens is 3. The molecule has 0 aliphatic heterocycles. The Labute approximate surface area is 119 Å². The van der Waals surface area contributed by atoms with Crippen LogP contribution in [-0.2, 0) is 23.6 Å². The number of hydrogen-bond acceptors (Lipinski definition) is 3. The molecule has 0 saturated heterocycles. The van der Waals surface area contributed by atoms with E-state index in [1.807, 2.05) is 31.5 Å². The first-order valence-corrected chi connectivity index (χ1v) is 7.85. The third kappa shape index (κ3) is 2.51. The highest BCUT2D eigenvalue weighted by molar-refractivity contribution is 7.89. The molecular formula is C13H20N4O2S. The number of rotatable bonds is 4. The highest BCUT2D eigenvalue weighted by Crippen LogP contribution is 2.18. The van der Waals surface area contributed by atoms with Crippen LogP contribution in [0.2, 0.25) is 0 Å². The van der Waals surface area contributed by atoms with E-state index in [4.69, 9.17) is 0 Å². The molecule has 2 aromatic heterocycles. The Kier molecular flexibility index (Phi) is 3.75. The average Bonchev–Trinajstić information content (AvgIpc) is 2.82. The zero-order valence-electron chi connectivity index (χ0n) is 12.4. The lowest BCUT2D eigenvalue weighted by Crippen LogP contribution is -2.24. The molecule has 0 radical (unpaired) electrons. The molecule has 7 heteroatoms. The summed E-state index contributed by atoms with van der Waals surface area (Å²) in [6.07, 6.45) is 0. The van der Waals surface area contributed by atoms with Gasteiger partial charge in [-0.1, -0.05) is 0 Å². The first kappa shape index (κ1) is 14.8. The second-order valence-electron chi connectivity index (χ2n) is 5.04. The zero-order valence-corrected chi connectivity index (χ0v) is 13.2. The summed E-state index contributed by atoms with van der Waals surface area (Å²) in [7, 11) is -1.58. The van der Waals surface area contributed by atoms with Crippen molar-refractivity contribution in [3.05, 3.63) is 34.4 Å². The fraction of sp³-hybridized carbons (Fsp3) is 0.462. The number of hydrogen-bond donors (Lipinski definition) is 2. The lowest BCUT2D eigenvalue weighted by Gasteiger charge is -2.07.